The Balaban J connectivity index is 1.82. The maximum absolute atomic E-state index is 11.6. The van der Waals surface area contributed by atoms with Crippen molar-refractivity contribution in [3.63, 3.8) is 0 Å². The van der Waals surface area contributed by atoms with Crippen molar-refractivity contribution in [2.45, 2.75) is 19.6 Å². The summed E-state index contributed by atoms with van der Waals surface area (Å²) < 4.78 is 7.14. The van der Waals surface area contributed by atoms with E-state index in [-0.39, 0.29) is 23.6 Å². The number of carboxylic acid groups (broad SMARTS) is 2. The summed E-state index contributed by atoms with van der Waals surface area (Å²) in [6.07, 6.45) is 0.448. The van der Waals surface area contributed by atoms with Crippen LogP contribution in [-0.4, -0.2) is 39.5 Å². The molecule has 0 spiro atoms. The van der Waals surface area contributed by atoms with E-state index in [1.807, 2.05) is 0 Å². The predicted molar refractivity (Wildman–Crippen MR) is 102 cm³/mol. The maximum Gasteiger partial charge on any atom is 0.372 e. The van der Waals surface area contributed by atoms with Crippen molar-refractivity contribution in [3.05, 3.63) is 77.4 Å². The molecule has 140 valence electrons. The van der Waals surface area contributed by atoms with Gasteiger partial charge in [0.25, 0.3) is 0 Å². The van der Waals surface area contributed by atoms with Crippen LogP contribution in [0.25, 0.3) is 0 Å². The topological polar surface area (TPSA) is 102 Å². The molecule has 0 aliphatic rings. The molecule has 28 heavy (non-hydrogen) atoms. The molecule has 8 heteroatoms. The number of rotatable bonds is 7. The molecule has 3 aromatic rings. The molecule has 2 radical (unpaired) electrons. The molecule has 0 amide bonds. The SMILES string of the molecule is [B]c1cc(Cn2cc(C)nc2C(=O)O)ccc1OC(C(=O)O)c1ccccc1. The minimum absolute atomic E-state index is 0.0635. The fraction of sp³-hybridized carbons (Fsp3) is 0.150. The number of carboxylic acids is 2. The number of imidazole rings is 1. The van der Waals surface area contributed by atoms with Crippen LogP contribution in [0.4, 0.5) is 0 Å². The third kappa shape index (κ3) is 4.23. The second-order valence-electron chi connectivity index (χ2n) is 6.26. The molecule has 7 nitrogen and oxygen atoms in total. The largest absolute Gasteiger partial charge is 0.478 e. The first-order chi connectivity index (χ1) is 13.3. The van der Waals surface area contributed by atoms with Crippen LogP contribution in [0.5, 0.6) is 5.75 Å². The Bertz CT molecular complexity index is 1020. The summed E-state index contributed by atoms with van der Waals surface area (Å²) in [5.74, 6) is -2.07. The predicted octanol–water partition coefficient (Wildman–Crippen LogP) is 1.94. The smallest absolute Gasteiger partial charge is 0.372 e. The first kappa shape index (κ1) is 19.2. The molecule has 1 atom stereocenters. The van der Waals surface area contributed by atoms with E-state index in [4.69, 9.17) is 12.6 Å². The average molecular weight is 376 g/mol. The van der Waals surface area contributed by atoms with Crippen LogP contribution in [0, 0.1) is 6.92 Å². The van der Waals surface area contributed by atoms with Crippen LogP contribution < -0.4 is 10.2 Å². The third-order valence-electron chi connectivity index (χ3n) is 4.09. The molecule has 0 fully saturated rings. The first-order valence-electron chi connectivity index (χ1n) is 8.45. The number of aromatic carboxylic acids is 1. The second kappa shape index (κ2) is 8.00. The normalized spacial score (nSPS) is 11.8. The molecular weight excluding hydrogens is 359 g/mol. The van der Waals surface area contributed by atoms with E-state index in [1.54, 1.807) is 61.7 Å². The van der Waals surface area contributed by atoms with Gasteiger partial charge in [-0.05, 0) is 18.6 Å². The number of aryl methyl sites for hydroxylation is 1. The molecule has 0 saturated heterocycles. The van der Waals surface area contributed by atoms with Gasteiger partial charge in [-0.25, -0.2) is 14.6 Å². The fourth-order valence-electron chi connectivity index (χ4n) is 2.85. The lowest BCUT2D eigenvalue weighted by Crippen LogP contribution is -2.21. The van der Waals surface area contributed by atoms with Gasteiger partial charge in [-0.15, -0.1) is 0 Å². The van der Waals surface area contributed by atoms with Gasteiger partial charge in [0.05, 0.1) is 5.69 Å². The summed E-state index contributed by atoms with van der Waals surface area (Å²) in [4.78, 5) is 26.9. The average Bonchev–Trinajstić information content (AvgIpc) is 3.02. The van der Waals surface area contributed by atoms with Gasteiger partial charge < -0.3 is 19.5 Å². The number of hydrogen-bond donors (Lipinski definition) is 2. The number of aliphatic carboxylic acids is 1. The Labute approximate surface area is 162 Å². The molecular formula is C20H17BN2O5. The summed E-state index contributed by atoms with van der Waals surface area (Å²) in [7, 11) is 6.05. The zero-order valence-electron chi connectivity index (χ0n) is 15.1. The van der Waals surface area contributed by atoms with E-state index in [0.717, 1.165) is 5.56 Å². The lowest BCUT2D eigenvalue weighted by atomic mass is 9.93. The van der Waals surface area contributed by atoms with Gasteiger partial charge in [0.1, 0.15) is 13.6 Å². The quantitative estimate of drug-likeness (QED) is 0.611. The van der Waals surface area contributed by atoms with Crippen molar-refractivity contribution in [2.75, 3.05) is 0 Å². The monoisotopic (exact) mass is 376 g/mol. The highest BCUT2D eigenvalue weighted by molar-refractivity contribution is 6.34. The highest BCUT2D eigenvalue weighted by Gasteiger charge is 2.22. The molecule has 0 aliphatic carbocycles. The van der Waals surface area contributed by atoms with Gasteiger partial charge in [-0.3, -0.25) is 0 Å². The van der Waals surface area contributed by atoms with E-state index >= 15 is 0 Å². The van der Waals surface area contributed by atoms with E-state index < -0.39 is 18.0 Å². The van der Waals surface area contributed by atoms with E-state index in [0.29, 0.717) is 11.3 Å². The van der Waals surface area contributed by atoms with Crippen LogP contribution in [0.2, 0.25) is 0 Å². The van der Waals surface area contributed by atoms with Crippen molar-refractivity contribution in [3.8, 4) is 5.75 Å². The van der Waals surface area contributed by atoms with Gasteiger partial charge >= 0.3 is 11.9 Å². The van der Waals surface area contributed by atoms with Crippen molar-refractivity contribution in [2.24, 2.45) is 0 Å². The van der Waals surface area contributed by atoms with Crippen LogP contribution in [-0.2, 0) is 11.3 Å². The molecule has 2 N–H and O–H groups in total. The summed E-state index contributed by atoms with van der Waals surface area (Å²) in [5, 5.41) is 18.7. The zero-order valence-corrected chi connectivity index (χ0v) is 15.1. The molecule has 3 rings (SSSR count). The number of aromatic nitrogens is 2. The van der Waals surface area contributed by atoms with Crippen molar-refractivity contribution < 1.29 is 24.5 Å². The minimum atomic E-state index is -1.19. The van der Waals surface area contributed by atoms with Gasteiger partial charge in [-0.2, -0.15) is 0 Å². The number of carbonyl (C=O) groups is 2. The van der Waals surface area contributed by atoms with Crippen LogP contribution in [0.15, 0.2) is 54.7 Å². The van der Waals surface area contributed by atoms with E-state index in [9.17, 15) is 19.8 Å². The zero-order chi connectivity index (χ0) is 20.3. The molecule has 1 unspecified atom stereocenters. The summed E-state index contributed by atoms with van der Waals surface area (Å²) in [6, 6.07) is 13.5. The summed E-state index contributed by atoms with van der Waals surface area (Å²) in [5.41, 5.74) is 2.08. The number of benzene rings is 2. The highest BCUT2D eigenvalue weighted by atomic mass is 16.5. The van der Waals surface area contributed by atoms with Gasteiger partial charge in [0.2, 0.25) is 11.9 Å². The first-order valence-corrected chi connectivity index (χ1v) is 8.45. The van der Waals surface area contributed by atoms with Gasteiger partial charge in [0.15, 0.2) is 0 Å². The lowest BCUT2D eigenvalue weighted by molar-refractivity contribution is -0.145. The van der Waals surface area contributed by atoms with Crippen LogP contribution in [0.1, 0.15) is 33.5 Å². The Morgan fingerprint density at radius 1 is 1.18 bits per heavy atom. The summed E-state index contributed by atoms with van der Waals surface area (Å²) in [6.45, 7) is 1.97. The molecule has 0 bridgehead atoms. The molecule has 1 aromatic heterocycles. The van der Waals surface area contributed by atoms with Crippen LogP contribution in [0.3, 0.4) is 0 Å². The maximum atomic E-state index is 11.6. The van der Waals surface area contributed by atoms with E-state index in [2.05, 4.69) is 4.98 Å². The van der Waals surface area contributed by atoms with Crippen molar-refractivity contribution in [1.82, 2.24) is 9.55 Å². The molecule has 0 saturated carbocycles. The minimum Gasteiger partial charge on any atom is -0.478 e. The Kier molecular flexibility index (Phi) is 5.49. The molecule has 0 aliphatic heterocycles. The fourth-order valence-corrected chi connectivity index (χ4v) is 2.85. The second-order valence-corrected chi connectivity index (χ2v) is 6.26. The van der Waals surface area contributed by atoms with Gasteiger partial charge in [0, 0.05) is 18.3 Å². The van der Waals surface area contributed by atoms with Gasteiger partial charge in [-0.1, -0.05) is 47.9 Å². The number of hydrogen-bond acceptors (Lipinski definition) is 4. The van der Waals surface area contributed by atoms with Crippen molar-refractivity contribution >= 4 is 25.2 Å². The molecule has 1 heterocycles. The summed E-state index contributed by atoms with van der Waals surface area (Å²) >= 11 is 0. The third-order valence-corrected chi connectivity index (χ3v) is 4.09. The number of ether oxygens (including phenoxy) is 1. The van der Waals surface area contributed by atoms with E-state index in [1.165, 1.54) is 4.57 Å². The Hall–Kier alpha value is -3.55. The Morgan fingerprint density at radius 3 is 2.50 bits per heavy atom. The number of nitrogens with zero attached hydrogens (tertiary/aromatic N) is 2. The van der Waals surface area contributed by atoms with Crippen molar-refractivity contribution in [1.29, 1.82) is 0 Å². The van der Waals surface area contributed by atoms with Crippen LogP contribution >= 0.6 is 0 Å². The molecule has 2 aromatic carbocycles. The highest BCUT2D eigenvalue weighted by Crippen LogP contribution is 2.21. The standard InChI is InChI=1S/C20H17BN2O5/c1-12-10-23(18(22-12)20(26)27)11-13-7-8-16(15(21)9-13)28-17(19(24)25)14-5-3-2-4-6-14/h2-10,17H,11H2,1H3,(H,24,25)(H,26,27). The lowest BCUT2D eigenvalue weighted by Gasteiger charge is -2.18. The Morgan fingerprint density at radius 2 is 1.89 bits per heavy atom.